The van der Waals surface area contributed by atoms with Crippen LogP contribution in [-0.4, -0.2) is 11.7 Å². The first-order valence-electron chi connectivity index (χ1n) is 5.75. The van der Waals surface area contributed by atoms with Crippen molar-refractivity contribution in [2.24, 2.45) is 0 Å². The molecule has 0 spiro atoms. The molecule has 2 rings (SSSR count). The molecule has 1 unspecified atom stereocenters. The van der Waals surface area contributed by atoms with Gasteiger partial charge in [-0.15, -0.1) is 0 Å². The predicted molar refractivity (Wildman–Crippen MR) is 78.1 cm³/mol. The van der Waals surface area contributed by atoms with Gasteiger partial charge in [-0.1, -0.05) is 58.9 Å². The molecule has 0 aliphatic carbocycles. The lowest BCUT2D eigenvalue weighted by Gasteiger charge is -2.15. The van der Waals surface area contributed by atoms with Gasteiger partial charge in [0.15, 0.2) is 0 Å². The van der Waals surface area contributed by atoms with Crippen molar-refractivity contribution in [1.29, 1.82) is 0 Å². The summed E-state index contributed by atoms with van der Waals surface area (Å²) in [5, 5.41) is 11.9. The first kappa shape index (κ1) is 13.1. The summed E-state index contributed by atoms with van der Waals surface area (Å²) in [5.74, 6) is 0.726. The number of benzene rings is 2. The minimum atomic E-state index is -0.562. The van der Waals surface area contributed by atoms with Crippen molar-refractivity contribution in [3.8, 4) is 5.75 Å². The average Bonchev–Trinajstić information content (AvgIpc) is 2.35. The molecule has 18 heavy (non-hydrogen) atoms. The van der Waals surface area contributed by atoms with Gasteiger partial charge in [0, 0.05) is 15.4 Å². The summed E-state index contributed by atoms with van der Waals surface area (Å²) >= 11 is 3.28. The zero-order valence-corrected chi connectivity index (χ0v) is 11.8. The van der Waals surface area contributed by atoms with Crippen molar-refractivity contribution in [3.63, 3.8) is 0 Å². The van der Waals surface area contributed by atoms with Gasteiger partial charge in [0.25, 0.3) is 0 Å². The van der Waals surface area contributed by atoms with Gasteiger partial charge < -0.3 is 9.84 Å². The fourth-order valence-corrected chi connectivity index (χ4v) is 2.01. The fraction of sp³-hybridized carbons (Fsp3) is 0.200. The molecule has 2 aromatic carbocycles. The Morgan fingerprint density at radius 2 is 2.06 bits per heavy atom. The first-order chi connectivity index (χ1) is 8.59. The maximum absolute atomic E-state index is 9.82. The quantitative estimate of drug-likeness (QED) is 0.918. The van der Waals surface area contributed by atoms with Gasteiger partial charge in [-0.2, -0.15) is 0 Å². The molecule has 0 aliphatic heterocycles. The van der Waals surface area contributed by atoms with E-state index in [-0.39, 0.29) is 0 Å². The number of rotatable bonds is 4. The van der Waals surface area contributed by atoms with Gasteiger partial charge in [-0.25, -0.2) is 0 Å². The molecule has 0 aromatic heterocycles. The standard InChI is InChI=1S/C15H15BrO2/c1-10(16)9-18-15-13(11(2)17)8-7-12-5-3-4-6-14(12)15/h3-8,11,17H,1,9H2,2H3. The number of aliphatic hydroxyl groups is 1. The van der Waals surface area contributed by atoms with Crippen molar-refractivity contribution in [2.45, 2.75) is 13.0 Å². The smallest absolute Gasteiger partial charge is 0.133 e. The summed E-state index contributed by atoms with van der Waals surface area (Å²) in [6.07, 6.45) is -0.562. The van der Waals surface area contributed by atoms with E-state index in [9.17, 15) is 5.11 Å². The minimum Gasteiger partial charge on any atom is -0.487 e. The van der Waals surface area contributed by atoms with Crippen LogP contribution in [0.5, 0.6) is 5.75 Å². The summed E-state index contributed by atoms with van der Waals surface area (Å²) in [7, 11) is 0. The number of hydrogen-bond donors (Lipinski definition) is 1. The maximum atomic E-state index is 9.82. The first-order valence-corrected chi connectivity index (χ1v) is 6.54. The molecule has 0 radical (unpaired) electrons. The van der Waals surface area contributed by atoms with Crippen LogP contribution in [0.4, 0.5) is 0 Å². The highest BCUT2D eigenvalue weighted by Crippen LogP contribution is 2.34. The molecule has 2 aromatic rings. The number of aliphatic hydroxyl groups excluding tert-OH is 1. The Hall–Kier alpha value is -1.32. The molecule has 0 heterocycles. The van der Waals surface area contributed by atoms with E-state index < -0.39 is 6.10 Å². The summed E-state index contributed by atoms with van der Waals surface area (Å²) in [6, 6.07) is 11.9. The molecule has 3 heteroatoms. The van der Waals surface area contributed by atoms with Gasteiger partial charge in [0.1, 0.15) is 12.4 Å². The molecule has 0 saturated heterocycles. The molecule has 0 aliphatic rings. The van der Waals surface area contributed by atoms with E-state index in [1.54, 1.807) is 6.92 Å². The van der Waals surface area contributed by atoms with Crippen LogP contribution in [-0.2, 0) is 0 Å². The monoisotopic (exact) mass is 306 g/mol. The lowest BCUT2D eigenvalue weighted by Crippen LogP contribution is -2.02. The summed E-state index contributed by atoms with van der Waals surface area (Å²) in [5.41, 5.74) is 0.794. The molecule has 0 amide bonds. The topological polar surface area (TPSA) is 29.5 Å². The molecule has 2 nitrogen and oxygen atoms in total. The normalized spacial score (nSPS) is 12.4. The number of ether oxygens (including phenoxy) is 1. The third-order valence-corrected chi connectivity index (χ3v) is 2.96. The van der Waals surface area contributed by atoms with Crippen LogP contribution < -0.4 is 4.74 Å². The average molecular weight is 307 g/mol. The maximum Gasteiger partial charge on any atom is 0.133 e. The highest BCUT2D eigenvalue weighted by atomic mass is 79.9. The van der Waals surface area contributed by atoms with Crippen LogP contribution in [0.3, 0.4) is 0 Å². The number of halogens is 1. The van der Waals surface area contributed by atoms with Crippen LogP contribution in [0.25, 0.3) is 10.8 Å². The molecular formula is C15H15BrO2. The van der Waals surface area contributed by atoms with Crippen LogP contribution in [0.2, 0.25) is 0 Å². The van der Waals surface area contributed by atoms with Crippen LogP contribution in [0, 0.1) is 0 Å². The zero-order valence-electron chi connectivity index (χ0n) is 10.2. The van der Waals surface area contributed by atoms with E-state index in [1.165, 1.54) is 0 Å². The van der Waals surface area contributed by atoms with Gasteiger partial charge in [-0.3, -0.25) is 0 Å². The second-order valence-corrected chi connectivity index (χ2v) is 5.31. The SMILES string of the molecule is C=C(Br)COc1c(C(C)O)ccc2ccccc12. The van der Waals surface area contributed by atoms with E-state index in [4.69, 9.17) is 4.74 Å². The summed E-state index contributed by atoms with van der Waals surface area (Å²) in [6.45, 7) is 5.87. The minimum absolute atomic E-state index is 0.383. The number of fused-ring (bicyclic) bond motifs is 1. The highest BCUT2D eigenvalue weighted by Gasteiger charge is 2.12. The Balaban J connectivity index is 2.55. The number of hydrogen-bond acceptors (Lipinski definition) is 2. The van der Waals surface area contributed by atoms with Crippen molar-refractivity contribution < 1.29 is 9.84 Å². The molecule has 1 atom stereocenters. The molecular weight excluding hydrogens is 292 g/mol. The van der Waals surface area contributed by atoms with Crippen molar-refractivity contribution in [3.05, 3.63) is 53.0 Å². The molecule has 94 valence electrons. The molecule has 0 fully saturated rings. The molecule has 0 bridgehead atoms. The van der Waals surface area contributed by atoms with Gasteiger partial charge in [-0.05, 0) is 12.3 Å². The Morgan fingerprint density at radius 1 is 1.33 bits per heavy atom. The van der Waals surface area contributed by atoms with Gasteiger partial charge in [0.05, 0.1) is 6.10 Å². The van der Waals surface area contributed by atoms with Gasteiger partial charge in [0.2, 0.25) is 0 Å². The van der Waals surface area contributed by atoms with Crippen LogP contribution >= 0.6 is 15.9 Å². The third-order valence-electron chi connectivity index (χ3n) is 2.73. The highest BCUT2D eigenvalue weighted by molar-refractivity contribution is 9.11. The lowest BCUT2D eigenvalue weighted by molar-refractivity contribution is 0.193. The van der Waals surface area contributed by atoms with Crippen molar-refractivity contribution in [1.82, 2.24) is 0 Å². The molecule has 0 saturated carbocycles. The second-order valence-electron chi connectivity index (χ2n) is 4.19. The van der Waals surface area contributed by atoms with E-state index >= 15 is 0 Å². The summed E-state index contributed by atoms with van der Waals surface area (Å²) in [4.78, 5) is 0. The van der Waals surface area contributed by atoms with Crippen molar-refractivity contribution >= 4 is 26.7 Å². The molecule has 1 N–H and O–H groups in total. The predicted octanol–water partition coefficient (Wildman–Crippen LogP) is 4.18. The second kappa shape index (κ2) is 5.55. The zero-order chi connectivity index (χ0) is 13.1. The van der Waals surface area contributed by atoms with E-state index in [0.29, 0.717) is 6.61 Å². The Kier molecular flexibility index (Phi) is 4.04. The lowest BCUT2D eigenvalue weighted by atomic mass is 10.0. The Bertz CT molecular complexity index is 576. The third kappa shape index (κ3) is 2.74. The van der Waals surface area contributed by atoms with E-state index in [1.807, 2.05) is 36.4 Å². The van der Waals surface area contributed by atoms with Crippen LogP contribution in [0.1, 0.15) is 18.6 Å². The Labute approximate surface area is 115 Å². The summed E-state index contributed by atoms with van der Waals surface area (Å²) < 4.78 is 6.54. The largest absolute Gasteiger partial charge is 0.487 e. The van der Waals surface area contributed by atoms with Crippen LogP contribution in [0.15, 0.2) is 47.5 Å². The van der Waals surface area contributed by atoms with Crippen molar-refractivity contribution in [2.75, 3.05) is 6.61 Å². The van der Waals surface area contributed by atoms with Gasteiger partial charge >= 0.3 is 0 Å². The Morgan fingerprint density at radius 3 is 2.72 bits per heavy atom. The fourth-order valence-electron chi connectivity index (χ4n) is 1.90. The van der Waals surface area contributed by atoms with E-state index in [0.717, 1.165) is 26.6 Å². The van der Waals surface area contributed by atoms with E-state index in [2.05, 4.69) is 22.5 Å².